The summed E-state index contributed by atoms with van der Waals surface area (Å²) >= 11 is 12.0. The van der Waals surface area contributed by atoms with Crippen LogP contribution in [-0.4, -0.2) is 7.11 Å². The van der Waals surface area contributed by atoms with Crippen LogP contribution < -0.4 is 10.1 Å². The third kappa shape index (κ3) is 3.39. The fourth-order valence-electron chi connectivity index (χ4n) is 2.01. The van der Waals surface area contributed by atoms with Crippen molar-refractivity contribution in [2.24, 2.45) is 0 Å². The molecule has 0 saturated carbocycles. The molecule has 2 rings (SSSR count). The lowest BCUT2D eigenvalue weighted by molar-refractivity contribution is 0.387. The molecule has 0 aliphatic heterocycles. The van der Waals surface area contributed by atoms with E-state index < -0.39 is 11.6 Å². The van der Waals surface area contributed by atoms with Gasteiger partial charge in [0.2, 0.25) is 0 Å². The van der Waals surface area contributed by atoms with E-state index in [9.17, 15) is 8.78 Å². The van der Waals surface area contributed by atoms with Gasteiger partial charge in [-0.2, -0.15) is 0 Å². The van der Waals surface area contributed by atoms with Gasteiger partial charge in [0.05, 0.1) is 18.2 Å². The monoisotopic (exact) mass is 331 g/mol. The maximum Gasteiger partial charge on any atom is 0.165 e. The molecule has 2 aromatic rings. The molecule has 1 atom stereocenters. The standard InChI is InChI=1S/C15H13Cl2F2NO/c1-8(14-10(16)4-6-12(19)15(14)17)20-9-3-5-11(18)13(7-9)21-2/h3-8,20H,1-2H3. The van der Waals surface area contributed by atoms with Crippen molar-refractivity contribution in [2.45, 2.75) is 13.0 Å². The third-order valence-electron chi connectivity index (χ3n) is 3.05. The minimum absolute atomic E-state index is 0.0309. The second-order valence-corrected chi connectivity index (χ2v) is 5.26. The van der Waals surface area contributed by atoms with Gasteiger partial charge in [-0.25, -0.2) is 8.78 Å². The highest BCUT2D eigenvalue weighted by molar-refractivity contribution is 6.36. The van der Waals surface area contributed by atoms with Crippen LogP contribution in [0.3, 0.4) is 0 Å². The number of halogens is 4. The van der Waals surface area contributed by atoms with Crippen LogP contribution in [0.5, 0.6) is 5.75 Å². The normalized spacial score (nSPS) is 12.1. The summed E-state index contributed by atoms with van der Waals surface area (Å²) in [5.74, 6) is -0.887. The lowest BCUT2D eigenvalue weighted by atomic mass is 10.1. The smallest absolute Gasteiger partial charge is 0.165 e. The van der Waals surface area contributed by atoms with Gasteiger partial charge < -0.3 is 10.1 Å². The van der Waals surface area contributed by atoms with Gasteiger partial charge in [0.1, 0.15) is 5.82 Å². The largest absolute Gasteiger partial charge is 0.494 e. The number of hydrogen-bond donors (Lipinski definition) is 1. The average Bonchev–Trinajstić information content (AvgIpc) is 2.45. The number of hydrogen-bond acceptors (Lipinski definition) is 2. The minimum Gasteiger partial charge on any atom is -0.494 e. The van der Waals surface area contributed by atoms with Gasteiger partial charge in [0, 0.05) is 22.3 Å². The Bertz CT molecular complexity index is 664. The van der Waals surface area contributed by atoms with E-state index in [1.807, 2.05) is 0 Å². The molecule has 0 amide bonds. The quantitative estimate of drug-likeness (QED) is 0.752. The highest BCUT2D eigenvalue weighted by Crippen LogP contribution is 2.34. The SMILES string of the molecule is COc1cc(NC(C)c2c(Cl)ccc(F)c2Cl)ccc1F. The molecule has 2 nitrogen and oxygen atoms in total. The molecule has 0 aliphatic carbocycles. The number of anilines is 1. The Labute approximate surface area is 131 Å². The van der Waals surface area contributed by atoms with Gasteiger partial charge in [-0.1, -0.05) is 23.2 Å². The summed E-state index contributed by atoms with van der Waals surface area (Å²) in [4.78, 5) is 0. The lowest BCUT2D eigenvalue weighted by Crippen LogP contribution is -2.09. The first-order chi connectivity index (χ1) is 9.93. The van der Waals surface area contributed by atoms with Crippen molar-refractivity contribution in [1.29, 1.82) is 0 Å². The maximum atomic E-state index is 13.5. The van der Waals surface area contributed by atoms with E-state index in [0.29, 0.717) is 16.3 Å². The molecule has 0 aromatic heterocycles. The van der Waals surface area contributed by atoms with Gasteiger partial charge in [-0.15, -0.1) is 0 Å². The topological polar surface area (TPSA) is 21.3 Å². The first-order valence-electron chi connectivity index (χ1n) is 6.17. The Morgan fingerprint density at radius 1 is 1.10 bits per heavy atom. The Balaban J connectivity index is 2.30. The van der Waals surface area contributed by atoms with Crippen LogP contribution in [0.4, 0.5) is 14.5 Å². The van der Waals surface area contributed by atoms with Crippen molar-refractivity contribution in [3.8, 4) is 5.75 Å². The predicted molar refractivity (Wildman–Crippen MR) is 81.4 cm³/mol. The van der Waals surface area contributed by atoms with Crippen LogP contribution in [0.2, 0.25) is 10.0 Å². The highest BCUT2D eigenvalue weighted by atomic mass is 35.5. The molecule has 0 spiro atoms. The Morgan fingerprint density at radius 2 is 1.76 bits per heavy atom. The summed E-state index contributed by atoms with van der Waals surface area (Å²) in [5.41, 5.74) is 1.05. The average molecular weight is 332 g/mol. The fourth-order valence-corrected chi connectivity index (χ4v) is 2.71. The zero-order valence-corrected chi connectivity index (χ0v) is 12.9. The predicted octanol–water partition coefficient (Wildman–Crippen LogP) is 5.45. The second kappa shape index (κ2) is 6.50. The van der Waals surface area contributed by atoms with Crippen LogP contribution >= 0.6 is 23.2 Å². The van der Waals surface area contributed by atoms with Crippen molar-refractivity contribution in [3.63, 3.8) is 0 Å². The van der Waals surface area contributed by atoms with Crippen molar-refractivity contribution >= 4 is 28.9 Å². The van der Waals surface area contributed by atoms with Gasteiger partial charge in [0.25, 0.3) is 0 Å². The molecule has 0 heterocycles. The molecule has 0 saturated heterocycles. The first kappa shape index (κ1) is 15.9. The van der Waals surface area contributed by atoms with Crippen LogP contribution in [0.15, 0.2) is 30.3 Å². The third-order valence-corrected chi connectivity index (χ3v) is 3.76. The molecule has 112 valence electrons. The molecule has 1 N–H and O–H groups in total. The number of rotatable bonds is 4. The number of nitrogens with one attached hydrogen (secondary N) is 1. The Kier molecular flexibility index (Phi) is 4.91. The zero-order valence-electron chi connectivity index (χ0n) is 11.4. The van der Waals surface area contributed by atoms with Gasteiger partial charge in [0.15, 0.2) is 11.6 Å². The molecule has 0 radical (unpaired) electrons. The van der Waals surface area contributed by atoms with E-state index >= 15 is 0 Å². The van der Waals surface area contributed by atoms with Crippen molar-refractivity contribution in [3.05, 3.63) is 57.6 Å². The van der Waals surface area contributed by atoms with E-state index in [0.717, 1.165) is 0 Å². The molecular weight excluding hydrogens is 319 g/mol. The van der Waals surface area contributed by atoms with E-state index in [1.54, 1.807) is 13.0 Å². The Hall–Kier alpha value is -1.52. The summed E-state index contributed by atoms with van der Waals surface area (Å²) in [6.45, 7) is 1.78. The fraction of sp³-hybridized carbons (Fsp3) is 0.200. The summed E-state index contributed by atoms with van der Waals surface area (Å²) in [7, 11) is 1.38. The summed E-state index contributed by atoms with van der Waals surface area (Å²) in [6.07, 6.45) is 0. The van der Waals surface area contributed by atoms with Gasteiger partial charge in [-0.05, 0) is 31.2 Å². The molecule has 0 bridgehead atoms. The summed E-state index contributed by atoms with van der Waals surface area (Å²) in [5, 5.41) is 3.41. The van der Waals surface area contributed by atoms with Gasteiger partial charge >= 0.3 is 0 Å². The van der Waals surface area contributed by atoms with E-state index in [-0.39, 0.29) is 16.8 Å². The Morgan fingerprint density at radius 3 is 2.43 bits per heavy atom. The van der Waals surface area contributed by atoms with Gasteiger partial charge in [-0.3, -0.25) is 0 Å². The summed E-state index contributed by atoms with van der Waals surface area (Å²) in [6, 6.07) is 6.63. The minimum atomic E-state index is -0.540. The van der Waals surface area contributed by atoms with Crippen molar-refractivity contribution in [1.82, 2.24) is 0 Å². The second-order valence-electron chi connectivity index (χ2n) is 4.47. The van der Waals surface area contributed by atoms with Crippen molar-refractivity contribution in [2.75, 3.05) is 12.4 Å². The van der Waals surface area contributed by atoms with Crippen LogP contribution in [0.1, 0.15) is 18.5 Å². The lowest BCUT2D eigenvalue weighted by Gasteiger charge is -2.19. The molecule has 2 aromatic carbocycles. The molecule has 0 fully saturated rings. The van der Waals surface area contributed by atoms with Crippen LogP contribution in [-0.2, 0) is 0 Å². The molecule has 1 unspecified atom stereocenters. The number of ether oxygens (including phenoxy) is 1. The summed E-state index contributed by atoms with van der Waals surface area (Å²) < 4.78 is 31.8. The molecule has 21 heavy (non-hydrogen) atoms. The van der Waals surface area contributed by atoms with E-state index in [4.69, 9.17) is 27.9 Å². The molecular formula is C15H13Cl2F2NO. The van der Waals surface area contributed by atoms with Crippen molar-refractivity contribution < 1.29 is 13.5 Å². The van der Waals surface area contributed by atoms with Crippen LogP contribution in [0, 0.1) is 11.6 Å². The number of methoxy groups -OCH3 is 1. The van der Waals surface area contributed by atoms with Crippen LogP contribution in [0.25, 0.3) is 0 Å². The van der Waals surface area contributed by atoms with E-state index in [1.165, 1.54) is 31.4 Å². The highest BCUT2D eigenvalue weighted by Gasteiger charge is 2.17. The molecule has 6 heteroatoms. The first-order valence-corrected chi connectivity index (χ1v) is 6.93. The molecule has 0 aliphatic rings. The zero-order chi connectivity index (χ0) is 15.6. The maximum absolute atomic E-state index is 13.5. The number of benzene rings is 2. The van der Waals surface area contributed by atoms with E-state index in [2.05, 4.69) is 5.32 Å².